The molecule has 1 saturated heterocycles. The second-order valence-electron chi connectivity index (χ2n) is 6.53. The quantitative estimate of drug-likeness (QED) is 0.871. The molecule has 1 N–H and O–H groups in total. The number of amides is 2. The van der Waals surface area contributed by atoms with Gasteiger partial charge in [0.05, 0.1) is 0 Å². The number of benzene rings is 2. The van der Waals surface area contributed by atoms with Crippen LogP contribution in [0.2, 0.25) is 5.02 Å². The molecular formula is C20H20ClFN2O2. The number of hydrogen-bond acceptors (Lipinski definition) is 2. The summed E-state index contributed by atoms with van der Waals surface area (Å²) < 4.78 is 13.3. The number of hydrogen-bond donors (Lipinski definition) is 1. The highest BCUT2D eigenvalue weighted by molar-refractivity contribution is 6.31. The summed E-state index contributed by atoms with van der Waals surface area (Å²) in [5.41, 5.74) is 1.99. The van der Waals surface area contributed by atoms with Crippen LogP contribution < -0.4 is 5.32 Å². The Labute approximate surface area is 157 Å². The van der Waals surface area contributed by atoms with Crippen molar-refractivity contribution in [2.45, 2.75) is 19.8 Å². The zero-order valence-corrected chi connectivity index (χ0v) is 15.2. The number of halogens is 2. The fourth-order valence-electron chi connectivity index (χ4n) is 3.11. The van der Waals surface area contributed by atoms with Crippen molar-refractivity contribution in [1.29, 1.82) is 0 Å². The molecule has 26 heavy (non-hydrogen) atoms. The second-order valence-corrected chi connectivity index (χ2v) is 6.96. The van der Waals surface area contributed by atoms with Crippen molar-refractivity contribution in [2.24, 2.45) is 5.92 Å². The highest BCUT2D eigenvalue weighted by atomic mass is 35.5. The van der Waals surface area contributed by atoms with E-state index in [0.717, 1.165) is 5.56 Å². The van der Waals surface area contributed by atoms with Crippen LogP contribution in [-0.4, -0.2) is 29.8 Å². The van der Waals surface area contributed by atoms with E-state index in [1.807, 2.05) is 13.0 Å². The number of aryl methyl sites for hydroxylation is 1. The maximum atomic E-state index is 13.3. The lowest BCUT2D eigenvalue weighted by atomic mass is 9.95. The molecule has 4 nitrogen and oxygen atoms in total. The molecule has 0 atom stereocenters. The van der Waals surface area contributed by atoms with E-state index in [9.17, 15) is 14.0 Å². The van der Waals surface area contributed by atoms with Gasteiger partial charge in [-0.2, -0.15) is 0 Å². The summed E-state index contributed by atoms with van der Waals surface area (Å²) in [6.45, 7) is 2.86. The molecule has 2 amide bonds. The van der Waals surface area contributed by atoms with Gasteiger partial charge in [0.15, 0.2) is 0 Å². The van der Waals surface area contributed by atoms with Crippen LogP contribution in [0.4, 0.5) is 10.1 Å². The Bertz CT molecular complexity index is 832. The molecule has 0 aromatic heterocycles. The molecular weight excluding hydrogens is 355 g/mol. The normalized spacial score (nSPS) is 15.0. The SMILES string of the molecule is Cc1ccc(Cl)cc1NC(=O)C1CCN(C(=O)c2cccc(F)c2)CC1. The first kappa shape index (κ1) is 18.4. The van der Waals surface area contributed by atoms with E-state index < -0.39 is 5.82 Å². The van der Waals surface area contributed by atoms with Gasteiger partial charge in [-0.15, -0.1) is 0 Å². The van der Waals surface area contributed by atoms with Crippen molar-refractivity contribution in [3.8, 4) is 0 Å². The Balaban J connectivity index is 1.58. The van der Waals surface area contributed by atoms with Crippen LogP contribution in [0.5, 0.6) is 0 Å². The zero-order chi connectivity index (χ0) is 18.7. The fraction of sp³-hybridized carbons (Fsp3) is 0.300. The zero-order valence-electron chi connectivity index (χ0n) is 14.5. The van der Waals surface area contributed by atoms with Crippen molar-refractivity contribution < 1.29 is 14.0 Å². The highest BCUT2D eigenvalue weighted by Crippen LogP contribution is 2.24. The largest absolute Gasteiger partial charge is 0.339 e. The molecule has 2 aromatic carbocycles. The molecule has 0 unspecified atom stereocenters. The van der Waals surface area contributed by atoms with Crippen molar-refractivity contribution in [3.05, 3.63) is 64.4 Å². The summed E-state index contributed by atoms with van der Waals surface area (Å²) in [7, 11) is 0. The van der Waals surface area contributed by atoms with E-state index in [2.05, 4.69) is 5.32 Å². The summed E-state index contributed by atoms with van der Waals surface area (Å²) in [6, 6.07) is 11.1. The summed E-state index contributed by atoms with van der Waals surface area (Å²) in [5.74, 6) is -0.853. The molecule has 2 aromatic rings. The first-order valence-corrected chi connectivity index (χ1v) is 8.93. The monoisotopic (exact) mass is 374 g/mol. The Morgan fingerprint density at radius 3 is 2.58 bits per heavy atom. The molecule has 0 radical (unpaired) electrons. The maximum Gasteiger partial charge on any atom is 0.253 e. The van der Waals surface area contributed by atoms with Crippen molar-refractivity contribution in [1.82, 2.24) is 4.90 Å². The first-order chi connectivity index (χ1) is 12.4. The summed E-state index contributed by atoms with van der Waals surface area (Å²) in [5, 5.41) is 3.50. The minimum atomic E-state index is -0.429. The van der Waals surface area contributed by atoms with Crippen LogP contribution in [0.25, 0.3) is 0 Å². The van der Waals surface area contributed by atoms with Gasteiger partial charge >= 0.3 is 0 Å². The van der Waals surface area contributed by atoms with Crippen molar-refractivity contribution >= 4 is 29.1 Å². The van der Waals surface area contributed by atoms with Gasteiger partial charge in [0.25, 0.3) is 5.91 Å². The van der Waals surface area contributed by atoms with Gasteiger partial charge in [0, 0.05) is 35.3 Å². The molecule has 1 aliphatic heterocycles. The van der Waals surface area contributed by atoms with Gasteiger partial charge in [-0.1, -0.05) is 23.7 Å². The number of rotatable bonds is 3. The van der Waals surface area contributed by atoms with E-state index in [1.54, 1.807) is 23.1 Å². The average molecular weight is 375 g/mol. The van der Waals surface area contributed by atoms with E-state index in [1.165, 1.54) is 18.2 Å². The van der Waals surface area contributed by atoms with Crippen LogP contribution in [-0.2, 0) is 4.79 Å². The number of anilines is 1. The topological polar surface area (TPSA) is 49.4 Å². The predicted octanol–water partition coefficient (Wildman–Crippen LogP) is 4.28. The molecule has 6 heteroatoms. The van der Waals surface area contributed by atoms with Gasteiger partial charge in [-0.25, -0.2) is 4.39 Å². The number of carbonyl (C=O) groups is 2. The van der Waals surface area contributed by atoms with Crippen LogP contribution >= 0.6 is 11.6 Å². The lowest BCUT2D eigenvalue weighted by Gasteiger charge is -2.31. The predicted molar refractivity (Wildman–Crippen MR) is 99.8 cm³/mol. The third-order valence-corrected chi connectivity index (χ3v) is 4.92. The number of likely N-dealkylation sites (tertiary alicyclic amines) is 1. The minimum Gasteiger partial charge on any atom is -0.339 e. The Hall–Kier alpha value is -2.40. The highest BCUT2D eigenvalue weighted by Gasteiger charge is 2.28. The molecule has 1 heterocycles. The molecule has 1 fully saturated rings. The van der Waals surface area contributed by atoms with Gasteiger partial charge < -0.3 is 10.2 Å². The van der Waals surface area contributed by atoms with E-state index >= 15 is 0 Å². The Morgan fingerprint density at radius 2 is 1.88 bits per heavy atom. The Morgan fingerprint density at radius 1 is 1.15 bits per heavy atom. The first-order valence-electron chi connectivity index (χ1n) is 8.56. The molecule has 136 valence electrons. The molecule has 1 aliphatic rings. The molecule has 3 rings (SSSR count). The summed E-state index contributed by atoms with van der Waals surface area (Å²) in [4.78, 5) is 26.6. The van der Waals surface area contributed by atoms with Gasteiger partial charge in [0.1, 0.15) is 5.82 Å². The second kappa shape index (κ2) is 7.87. The van der Waals surface area contributed by atoms with Crippen LogP contribution in [0.1, 0.15) is 28.8 Å². The molecule has 0 saturated carbocycles. The van der Waals surface area contributed by atoms with Crippen molar-refractivity contribution in [2.75, 3.05) is 18.4 Å². The van der Waals surface area contributed by atoms with Crippen molar-refractivity contribution in [3.63, 3.8) is 0 Å². The van der Waals surface area contributed by atoms with Gasteiger partial charge in [-0.3, -0.25) is 9.59 Å². The van der Waals surface area contributed by atoms with E-state index in [4.69, 9.17) is 11.6 Å². The molecule has 0 spiro atoms. The van der Waals surface area contributed by atoms with Gasteiger partial charge in [-0.05, 0) is 55.7 Å². The van der Waals surface area contributed by atoms with E-state index in [0.29, 0.717) is 42.2 Å². The lowest BCUT2D eigenvalue weighted by molar-refractivity contribution is -0.121. The van der Waals surface area contributed by atoms with Crippen LogP contribution in [0, 0.1) is 18.7 Å². The smallest absolute Gasteiger partial charge is 0.253 e. The Kier molecular flexibility index (Phi) is 5.57. The lowest BCUT2D eigenvalue weighted by Crippen LogP contribution is -2.41. The maximum absolute atomic E-state index is 13.3. The number of carbonyl (C=O) groups excluding carboxylic acids is 2. The van der Waals surface area contributed by atoms with Gasteiger partial charge in [0.2, 0.25) is 5.91 Å². The number of nitrogens with one attached hydrogen (secondary N) is 1. The van der Waals surface area contributed by atoms with Crippen LogP contribution in [0.3, 0.4) is 0 Å². The standard InChI is InChI=1S/C20H20ClFN2O2/c1-13-5-6-16(21)12-18(13)23-19(25)14-7-9-24(10-8-14)20(26)15-3-2-4-17(22)11-15/h2-6,11-12,14H,7-10H2,1H3,(H,23,25). The summed E-state index contributed by atoms with van der Waals surface area (Å²) in [6.07, 6.45) is 1.15. The number of piperidine rings is 1. The van der Waals surface area contributed by atoms with E-state index in [-0.39, 0.29) is 17.7 Å². The minimum absolute atomic E-state index is 0.0618. The average Bonchev–Trinajstić information content (AvgIpc) is 2.64. The molecule has 0 aliphatic carbocycles. The number of nitrogens with zero attached hydrogens (tertiary/aromatic N) is 1. The summed E-state index contributed by atoms with van der Waals surface area (Å²) >= 11 is 5.99. The third-order valence-electron chi connectivity index (χ3n) is 4.68. The fourth-order valence-corrected chi connectivity index (χ4v) is 3.28. The third kappa shape index (κ3) is 4.22. The van der Waals surface area contributed by atoms with Crippen LogP contribution in [0.15, 0.2) is 42.5 Å². The molecule has 0 bridgehead atoms.